The van der Waals surface area contributed by atoms with Crippen molar-refractivity contribution in [2.45, 2.75) is 0 Å². The Kier molecular flexibility index (Phi) is 7.64. The van der Waals surface area contributed by atoms with E-state index in [0.29, 0.717) is 17.5 Å². The summed E-state index contributed by atoms with van der Waals surface area (Å²) >= 11 is 1.79. The van der Waals surface area contributed by atoms with E-state index in [9.17, 15) is 0 Å². The van der Waals surface area contributed by atoms with Gasteiger partial charge in [0.1, 0.15) is 0 Å². The lowest BCUT2D eigenvalue weighted by atomic mass is 9.98. The quantitative estimate of drug-likeness (QED) is 0.171. The van der Waals surface area contributed by atoms with Gasteiger partial charge in [-0.1, -0.05) is 152 Å². The van der Waals surface area contributed by atoms with Crippen LogP contribution < -0.4 is 0 Å². The van der Waals surface area contributed by atoms with Crippen LogP contribution in [0.2, 0.25) is 0 Å². The number of rotatable bonds is 6. The molecule has 56 heavy (non-hydrogen) atoms. The van der Waals surface area contributed by atoms with Crippen molar-refractivity contribution in [3.8, 4) is 62.1 Å². The summed E-state index contributed by atoms with van der Waals surface area (Å²) in [4.78, 5) is 15.3. The van der Waals surface area contributed by atoms with Gasteiger partial charge in [0.25, 0.3) is 0 Å². The Hall–Kier alpha value is -7.21. The fourth-order valence-electron chi connectivity index (χ4n) is 7.95. The highest BCUT2D eigenvalue weighted by molar-refractivity contribution is 7.26. The largest absolute Gasteiger partial charge is 0.309 e. The van der Waals surface area contributed by atoms with Crippen molar-refractivity contribution in [1.29, 1.82) is 0 Å². The second-order valence-electron chi connectivity index (χ2n) is 14.0. The lowest BCUT2D eigenvalue weighted by Gasteiger charge is -2.12. The molecule has 0 spiro atoms. The molecule has 4 nitrogen and oxygen atoms in total. The van der Waals surface area contributed by atoms with Crippen LogP contribution in [-0.4, -0.2) is 19.5 Å². The molecule has 3 heterocycles. The lowest BCUT2D eigenvalue weighted by Crippen LogP contribution is -2.00. The number of nitrogens with zero attached hydrogens (tertiary/aromatic N) is 4. The molecule has 0 saturated heterocycles. The highest BCUT2D eigenvalue weighted by Gasteiger charge is 2.19. The fraction of sp³-hybridized carbons (Fsp3) is 0. The molecule has 5 heteroatoms. The van der Waals surface area contributed by atoms with E-state index in [1.54, 1.807) is 11.3 Å². The number of thiophene rings is 1. The lowest BCUT2D eigenvalue weighted by molar-refractivity contribution is 1.08. The molecule has 0 amide bonds. The number of benzene rings is 8. The van der Waals surface area contributed by atoms with Gasteiger partial charge in [0.15, 0.2) is 17.5 Å². The number of hydrogen-bond acceptors (Lipinski definition) is 4. The molecule has 0 aliphatic heterocycles. The van der Waals surface area contributed by atoms with Crippen LogP contribution >= 0.6 is 11.3 Å². The van der Waals surface area contributed by atoms with Gasteiger partial charge in [-0.05, 0) is 64.7 Å². The van der Waals surface area contributed by atoms with Crippen molar-refractivity contribution in [3.63, 3.8) is 0 Å². The number of fused-ring (bicyclic) bond motifs is 6. The van der Waals surface area contributed by atoms with Crippen molar-refractivity contribution in [2.24, 2.45) is 0 Å². The summed E-state index contributed by atoms with van der Waals surface area (Å²) in [5.74, 6) is 1.97. The Morgan fingerprint density at radius 2 is 0.875 bits per heavy atom. The standard InChI is InChI=1S/C51H32N4S/c1-4-14-33(15-5-1)37-26-29-41-40-20-10-12-22-45(40)55(46(41)32-37)39-27-24-34(25-28-39)38-30-43-42-21-11-13-23-47(42)56-48(43)44(31-38)51-53-49(35-16-6-2-7-17-35)52-50(54-51)36-18-8-3-9-19-36/h1-32H. The third-order valence-electron chi connectivity index (χ3n) is 10.7. The predicted molar refractivity (Wildman–Crippen MR) is 234 cm³/mol. The van der Waals surface area contributed by atoms with E-state index in [2.05, 4.69) is 162 Å². The third-order valence-corrected chi connectivity index (χ3v) is 11.9. The Balaban J connectivity index is 1.09. The summed E-state index contributed by atoms with van der Waals surface area (Å²) in [6.07, 6.45) is 0. The SMILES string of the molecule is c1ccc(-c2ccc3c4ccccc4n(-c4ccc(-c5cc(-c6nc(-c7ccccc7)nc(-c7ccccc7)n6)c6sc7ccccc7c6c5)cc4)c3c2)cc1. The highest BCUT2D eigenvalue weighted by Crippen LogP contribution is 2.43. The first-order valence-electron chi connectivity index (χ1n) is 18.8. The molecule has 0 fully saturated rings. The van der Waals surface area contributed by atoms with Gasteiger partial charge in [0, 0.05) is 53.3 Å². The van der Waals surface area contributed by atoms with E-state index >= 15 is 0 Å². The van der Waals surface area contributed by atoms with Crippen molar-refractivity contribution < 1.29 is 0 Å². The fourth-order valence-corrected chi connectivity index (χ4v) is 9.14. The van der Waals surface area contributed by atoms with Crippen molar-refractivity contribution >= 4 is 53.3 Å². The van der Waals surface area contributed by atoms with Crippen molar-refractivity contribution in [3.05, 3.63) is 194 Å². The zero-order chi connectivity index (χ0) is 37.0. The maximum absolute atomic E-state index is 5.17. The summed E-state index contributed by atoms with van der Waals surface area (Å²) in [5.41, 5.74) is 11.0. The Morgan fingerprint density at radius 3 is 1.57 bits per heavy atom. The van der Waals surface area contributed by atoms with Crippen molar-refractivity contribution in [2.75, 3.05) is 0 Å². The first-order valence-corrected chi connectivity index (χ1v) is 19.6. The Bertz CT molecular complexity index is 3160. The molecule has 0 saturated carbocycles. The minimum absolute atomic E-state index is 0.653. The van der Waals surface area contributed by atoms with Crippen LogP contribution in [0.5, 0.6) is 0 Å². The van der Waals surface area contributed by atoms with Crippen LogP contribution in [0.25, 0.3) is 104 Å². The minimum Gasteiger partial charge on any atom is -0.309 e. The van der Waals surface area contributed by atoms with E-state index in [1.165, 1.54) is 48.4 Å². The molecule has 0 bridgehead atoms. The molecule has 0 aliphatic carbocycles. The molecule has 0 unspecified atom stereocenters. The molecule has 8 aromatic carbocycles. The maximum atomic E-state index is 5.17. The summed E-state index contributed by atoms with van der Waals surface area (Å²) in [6.45, 7) is 0. The van der Waals surface area contributed by atoms with E-state index in [-0.39, 0.29) is 0 Å². The second kappa shape index (κ2) is 13.3. The molecule has 0 radical (unpaired) electrons. The molecule has 0 aliphatic rings. The van der Waals surface area contributed by atoms with Gasteiger partial charge in [-0.25, -0.2) is 15.0 Å². The molecule has 262 valence electrons. The van der Waals surface area contributed by atoms with Gasteiger partial charge in [-0.2, -0.15) is 0 Å². The zero-order valence-electron chi connectivity index (χ0n) is 30.2. The number of hydrogen-bond donors (Lipinski definition) is 0. The normalized spacial score (nSPS) is 11.6. The smallest absolute Gasteiger partial charge is 0.165 e. The average molecular weight is 733 g/mol. The van der Waals surface area contributed by atoms with Gasteiger partial charge in [0.05, 0.1) is 11.0 Å². The van der Waals surface area contributed by atoms with E-state index < -0.39 is 0 Å². The predicted octanol–water partition coefficient (Wildman–Crippen LogP) is 13.7. The zero-order valence-corrected chi connectivity index (χ0v) is 31.0. The Morgan fingerprint density at radius 1 is 0.339 bits per heavy atom. The summed E-state index contributed by atoms with van der Waals surface area (Å²) in [5, 5.41) is 4.91. The third kappa shape index (κ3) is 5.48. The Labute approximate surface area is 327 Å². The topological polar surface area (TPSA) is 43.6 Å². The van der Waals surface area contributed by atoms with Gasteiger partial charge in [-0.3, -0.25) is 0 Å². The van der Waals surface area contributed by atoms with Crippen molar-refractivity contribution in [1.82, 2.24) is 19.5 Å². The molecule has 3 aromatic heterocycles. The van der Waals surface area contributed by atoms with Crippen LogP contribution in [0.3, 0.4) is 0 Å². The second-order valence-corrected chi connectivity index (χ2v) is 15.1. The summed E-state index contributed by atoms with van der Waals surface area (Å²) in [7, 11) is 0. The number of aromatic nitrogens is 4. The first kappa shape index (κ1) is 32.2. The van der Waals surface area contributed by atoms with Gasteiger partial charge in [0.2, 0.25) is 0 Å². The van der Waals surface area contributed by atoms with Gasteiger partial charge in [-0.15, -0.1) is 11.3 Å². The molecule has 11 aromatic rings. The molecular formula is C51H32N4S. The molecule has 0 N–H and O–H groups in total. The van der Waals surface area contributed by atoms with E-state index in [1.807, 2.05) is 36.4 Å². The molecule has 11 rings (SSSR count). The van der Waals surface area contributed by atoms with Crippen LogP contribution in [-0.2, 0) is 0 Å². The van der Waals surface area contributed by atoms with Crippen LogP contribution in [0.4, 0.5) is 0 Å². The molecular weight excluding hydrogens is 701 g/mol. The van der Waals surface area contributed by atoms with E-state index in [0.717, 1.165) is 38.2 Å². The number of para-hydroxylation sites is 1. The summed E-state index contributed by atoms with van der Waals surface area (Å²) < 4.78 is 4.79. The highest BCUT2D eigenvalue weighted by atomic mass is 32.1. The van der Waals surface area contributed by atoms with Gasteiger partial charge < -0.3 is 4.57 Å². The molecule has 0 atom stereocenters. The summed E-state index contributed by atoms with van der Waals surface area (Å²) in [6, 6.07) is 68.7. The minimum atomic E-state index is 0.653. The average Bonchev–Trinajstić information content (AvgIpc) is 3.82. The monoisotopic (exact) mass is 732 g/mol. The maximum Gasteiger partial charge on any atom is 0.165 e. The first-order chi connectivity index (χ1) is 27.7. The van der Waals surface area contributed by atoms with Crippen LogP contribution in [0, 0.1) is 0 Å². The van der Waals surface area contributed by atoms with Crippen LogP contribution in [0.15, 0.2) is 194 Å². The van der Waals surface area contributed by atoms with Gasteiger partial charge >= 0.3 is 0 Å². The van der Waals surface area contributed by atoms with Crippen LogP contribution in [0.1, 0.15) is 0 Å². The van der Waals surface area contributed by atoms with E-state index in [4.69, 9.17) is 15.0 Å².